The smallest absolute Gasteiger partial charge is 0.255 e. The average Bonchev–Trinajstić information content (AvgIpc) is 3.00. The first-order valence-corrected chi connectivity index (χ1v) is 8.91. The molecular weight excluding hydrogens is 344 g/mol. The van der Waals surface area contributed by atoms with Gasteiger partial charge in [-0.1, -0.05) is 30.3 Å². The summed E-state index contributed by atoms with van der Waals surface area (Å²) in [4.78, 5) is 22.8. The fourth-order valence-corrected chi connectivity index (χ4v) is 3.95. The highest BCUT2D eigenvalue weighted by Gasteiger charge is 2.16. The largest absolute Gasteiger partial charge is 0.383 e. The van der Waals surface area contributed by atoms with Gasteiger partial charge in [0.25, 0.3) is 5.91 Å². The van der Waals surface area contributed by atoms with E-state index in [1.165, 1.54) is 6.33 Å². The number of thiophene rings is 1. The topological polar surface area (TPSA) is 80.9 Å². The molecule has 2 aromatic heterocycles. The van der Waals surface area contributed by atoms with E-state index in [0.29, 0.717) is 11.4 Å². The van der Waals surface area contributed by atoms with Crippen LogP contribution in [0.4, 0.5) is 11.5 Å². The Labute approximate surface area is 154 Å². The normalized spacial score (nSPS) is 10.8. The summed E-state index contributed by atoms with van der Waals surface area (Å²) in [5.41, 5.74) is 9.45. The molecule has 0 saturated carbocycles. The Morgan fingerprint density at radius 3 is 2.50 bits per heavy atom. The first-order valence-electron chi connectivity index (χ1n) is 8.10. The minimum atomic E-state index is -0.141. The quantitative estimate of drug-likeness (QED) is 0.563. The highest BCUT2D eigenvalue weighted by molar-refractivity contribution is 7.19. The Morgan fingerprint density at radius 1 is 1.04 bits per heavy atom. The predicted octanol–water partition coefficient (Wildman–Crippen LogP) is 4.50. The van der Waals surface area contributed by atoms with Crippen molar-refractivity contribution >= 4 is 39.0 Å². The van der Waals surface area contributed by atoms with Gasteiger partial charge in [-0.05, 0) is 36.8 Å². The van der Waals surface area contributed by atoms with Crippen LogP contribution in [0, 0.1) is 6.92 Å². The molecule has 4 aromatic rings. The van der Waals surface area contributed by atoms with E-state index in [4.69, 9.17) is 5.73 Å². The molecule has 0 fully saturated rings. The predicted molar refractivity (Wildman–Crippen MR) is 106 cm³/mol. The Hall–Kier alpha value is -3.25. The number of nitrogen functional groups attached to an aromatic ring is 1. The van der Waals surface area contributed by atoms with Crippen LogP contribution in [0.15, 0.2) is 60.9 Å². The number of para-hydroxylation sites is 1. The molecule has 2 heterocycles. The summed E-state index contributed by atoms with van der Waals surface area (Å²) in [5, 5.41) is 3.76. The molecule has 0 atom stereocenters. The first kappa shape index (κ1) is 16.2. The second-order valence-electron chi connectivity index (χ2n) is 5.87. The molecule has 0 spiro atoms. The van der Waals surface area contributed by atoms with Gasteiger partial charge in [0.15, 0.2) is 0 Å². The second kappa shape index (κ2) is 6.57. The van der Waals surface area contributed by atoms with Crippen LogP contribution in [0.2, 0.25) is 0 Å². The fourth-order valence-electron chi connectivity index (χ4n) is 2.93. The number of benzene rings is 2. The summed E-state index contributed by atoms with van der Waals surface area (Å²) in [7, 11) is 0. The number of aromatic nitrogens is 2. The zero-order valence-electron chi connectivity index (χ0n) is 14.1. The third-order valence-corrected chi connectivity index (χ3v) is 5.17. The molecule has 0 unspecified atom stereocenters. The molecule has 0 radical (unpaired) electrons. The Morgan fingerprint density at radius 2 is 1.77 bits per heavy atom. The lowest BCUT2D eigenvalue weighted by Crippen LogP contribution is -2.11. The van der Waals surface area contributed by atoms with Crippen molar-refractivity contribution in [3.05, 3.63) is 71.4 Å². The minimum absolute atomic E-state index is 0.141. The second-order valence-corrected chi connectivity index (χ2v) is 7.07. The van der Waals surface area contributed by atoms with Gasteiger partial charge in [-0.15, -0.1) is 11.3 Å². The van der Waals surface area contributed by atoms with Gasteiger partial charge < -0.3 is 11.1 Å². The number of hydrogen-bond donors (Lipinski definition) is 2. The van der Waals surface area contributed by atoms with Crippen LogP contribution in [0.25, 0.3) is 21.3 Å². The summed E-state index contributed by atoms with van der Waals surface area (Å²) in [5.74, 6) is 0.331. The van der Waals surface area contributed by atoms with Crippen molar-refractivity contribution in [2.24, 2.45) is 0 Å². The number of nitrogens with zero attached hydrogens (tertiary/aromatic N) is 2. The van der Waals surface area contributed by atoms with Gasteiger partial charge in [-0.25, -0.2) is 9.97 Å². The summed E-state index contributed by atoms with van der Waals surface area (Å²) < 4.78 is 0. The standard InChI is InChI=1S/C20H16N4OS/c1-12-16(17-18(21)22-11-23-20(17)26-12)13-7-9-14(10-8-13)19(25)24-15-5-3-2-4-6-15/h2-11H,1H3,(H,24,25)(H2,21,22,23). The molecule has 2 aromatic carbocycles. The molecule has 6 heteroatoms. The molecule has 0 saturated heterocycles. The highest BCUT2D eigenvalue weighted by atomic mass is 32.1. The lowest BCUT2D eigenvalue weighted by Gasteiger charge is -2.07. The van der Waals surface area contributed by atoms with Crippen molar-refractivity contribution in [1.29, 1.82) is 0 Å². The van der Waals surface area contributed by atoms with Crippen molar-refractivity contribution in [1.82, 2.24) is 9.97 Å². The van der Waals surface area contributed by atoms with E-state index in [0.717, 1.165) is 31.9 Å². The van der Waals surface area contributed by atoms with Gasteiger partial charge in [0.2, 0.25) is 0 Å². The molecule has 4 rings (SSSR count). The van der Waals surface area contributed by atoms with Gasteiger partial charge in [0.1, 0.15) is 17.0 Å². The van der Waals surface area contributed by atoms with Crippen LogP contribution >= 0.6 is 11.3 Å². The summed E-state index contributed by atoms with van der Waals surface area (Å²) >= 11 is 1.59. The maximum absolute atomic E-state index is 12.4. The Bertz CT molecular complexity index is 1090. The van der Waals surface area contributed by atoms with Gasteiger partial charge in [-0.2, -0.15) is 0 Å². The SMILES string of the molecule is Cc1sc2ncnc(N)c2c1-c1ccc(C(=O)Nc2ccccc2)cc1. The van der Waals surface area contributed by atoms with Crippen molar-refractivity contribution in [3.8, 4) is 11.1 Å². The summed E-state index contributed by atoms with van der Waals surface area (Å²) in [6, 6.07) is 16.9. The lowest BCUT2D eigenvalue weighted by atomic mass is 10.0. The molecular formula is C20H16N4OS. The van der Waals surface area contributed by atoms with E-state index in [1.54, 1.807) is 11.3 Å². The highest BCUT2D eigenvalue weighted by Crippen LogP contribution is 2.39. The van der Waals surface area contributed by atoms with Crippen molar-refractivity contribution in [2.45, 2.75) is 6.92 Å². The fraction of sp³-hybridized carbons (Fsp3) is 0.0500. The van der Waals surface area contributed by atoms with E-state index < -0.39 is 0 Å². The Kier molecular flexibility index (Phi) is 4.10. The summed E-state index contributed by atoms with van der Waals surface area (Å²) in [6.07, 6.45) is 1.48. The number of carbonyl (C=O) groups excluding carboxylic acids is 1. The third-order valence-electron chi connectivity index (χ3n) is 4.16. The van der Waals surface area contributed by atoms with Crippen LogP contribution in [0.1, 0.15) is 15.2 Å². The molecule has 0 aliphatic carbocycles. The van der Waals surface area contributed by atoms with E-state index in [-0.39, 0.29) is 5.91 Å². The monoisotopic (exact) mass is 360 g/mol. The number of nitrogens with one attached hydrogen (secondary N) is 1. The number of carbonyl (C=O) groups is 1. The van der Waals surface area contributed by atoms with E-state index in [2.05, 4.69) is 15.3 Å². The molecule has 0 aliphatic rings. The zero-order chi connectivity index (χ0) is 18.1. The van der Waals surface area contributed by atoms with Crippen molar-refractivity contribution in [2.75, 3.05) is 11.1 Å². The van der Waals surface area contributed by atoms with Crippen molar-refractivity contribution < 1.29 is 4.79 Å². The van der Waals surface area contributed by atoms with Gasteiger partial charge >= 0.3 is 0 Å². The average molecular weight is 360 g/mol. The Balaban J connectivity index is 1.67. The maximum Gasteiger partial charge on any atom is 0.255 e. The van der Waals surface area contributed by atoms with Crippen molar-refractivity contribution in [3.63, 3.8) is 0 Å². The molecule has 5 nitrogen and oxygen atoms in total. The molecule has 1 amide bonds. The molecule has 26 heavy (non-hydrogen) atoms. The molecule has 0 aliphatic heterocycles. The number of fused-ring (bicyclic) bond motifs is 1. The van der Waals surface area contributed by atoms with Gasteiger partial charge in [0.05, 0.1) is 5.39 Å². The zero-order valence-corrected chi connectivity index (χ0v) is 14.9. The molecule has 128 valence electrons. The molecule has 0 bridgehead atoms. The first-order chi connectivity index (χ1) is 12.6. The number of nitrogens with two attached hydrogens (primary N) is 1. The van der Waals surface area contributed by atoms with Crippen LogP contribution in [0.5, 0.6) is 0 Å². The maximum atomic E-state index is 12.4. The number of anilines is 2. The van der Waals surface area contributed by atoms with Crippen LogP contribution < -0.4 is 11.1 Å². The lowest BCUT2D eigenvalue weighted by molar-refractivity contribution is 0.102. The number of amides is 1. The van der Waals surface area contributed by atoms with Crippen LogP contribution in [0.3, 0.4) is 0 Å². The third kappa shape index (κ3) is 2.91. The van der Waals surface area contributed by atoms with E-state index in [9.17, 15) is 4.79 Å². The van der Waals surface area contributed by atoms with Crippen LogP contribution in [-0.2, 0) is 0 Å². The number of hydrogen-bond acceptors (Lipinski definition) is 5. The van der Waals surface area contributed by atoms with E-state index in [1.807, 2.05) is 61.5 Å². The minimum Gasteiger partial charge on any atom is -0.383 e. The van der Waals surface area contributed by atoms with Crippen LogP contribution in [-0.4, -0.2) is 15.9 Å². The number of aryl methyl sites for hydroxylation is 1. The summed E-state index contributed by atoms with van der Waals surface area (Å²) in [6.45, 7) is 2.04. The van der Waals surface area contributed by atoms with Gasteiger partial charge in [0, 0.05) is 21.7 Å². The van der Waals surface area contributed by atoms with E-state index >= 15 is 0 Å². The number of rotatable bonds is 3. The molecule has 3 N–H and O–H groups in total. The van der Waals surface area contributed by atoms with Gasteiger partial charge in [-0.3, -0.25) is 4.79 Å².